The topological polar surface area (TPSA) is 47.0 Å². The van der Waals surface area contributed by atoms with Crippen LogP contribution in [0.2, 0.25) is 0 Å². The van der Waals surface area contributed by atoms with Crippen molar-refractivity contribution >= 4 is 28.0 Å². The van der Waals surface area contributed by atoms with Crippen molar-refractivity contribution in [1.29, 1.82) is 0 Å². The van der Waals surface area contributed by atoms with Crippen molar-refractivity contribution in [3.8, 4) is 5.88 Å². The molecule has 0 N–H and O–H groups in total. The summed E-state index contributed by atoms with van der Waals surface area (Å²) in [7, 11) is 3.78. The maximum atomic E-state index is 6.09. The monoisotopic (exact) mass is 383 g/mol. The van der Waals surface area contributed by atoms with Gasteiger partial charge in [-0.3, -0.25) is 0 Å². The van der Waals surface area contributed by atoms with Crippen molar-refractivity contribution < 1.29 is 9.47 Å². The standard InChI is InChI=1S/C17H26BrN3O2/c1-5-21(3)11-19-16-10-15(18)17(20-12(16)2)23-14-8-6-13(22-4)7-9-14/h10-11,13-14H,5-9H2,1-4H3. The molecule has 6 heteroatoms. The number of aliphatic imine (C=N–C) groups is 1. The fraction of sp³-hybridized carbons (Fsp3) is 0.647. The van der Waals surface area contributed by atoms with E-state index in [1.165, 1.54) is 0 Å². The Hall–Kier alpha value is -1.14. The molecule has 5 nitrogen and oxygen atoms in total. The average molecular weight is 384 g/mol. The lowest BCUT2D eigenvalue weighted by Crippen LogP contribution is -2.28. The molecule has 1 aliphatic rings. The molecule has 1 fully saturated rings. The summed E-state index contributed by atoms with van der Waals surface area (Å²) in [5, 5.41) is 0. The molecule has 0 amide bonds. The minimum absolute atomic E-state index is 0.213. The van der Waals surface area contributed by atoms with Gasteiger partial charge in [0.15, 0.2) is 0 Å². The highest BCUT2D eigenvalue weighted by atomic mass is 79.9. The van der Waals surface area contributed by atoms with Gasteiger partial charge in [0.25, 0.3) is 0 Å². The fourth-order valence-electron chi connectivity index (χ4n) is 2.55. The van der Waals surface area contributed by atoms with Crippen LogP contribution in [0, 0.1) is 6.92 Å². The van der Waals surface area contributed by atoms with Gasteiger partial charge in [0.2, 0.25) is 5.88 Å². The van der Waals surface area contributed by atoms with Crippen LogP contribution >= 0.6 is 15.9 Å². The van der Waals surface area contributed by atoms with Crippen molar-refractivity contribution in [2.45, 2.75) is 51.7 Å². The van der Waals surface area contributed by atoms with E-state index in [2.05, 4.69) is 32.8 Å². The normalized spacial score (nSPS) is 21.6. The Morgan fingerprint density at radius 1 is 1.35 bits per heavy atom. The molecule has 128 valence electrons. The van der Waals surface area contributed by atoms with Gasteiger partial charge in [0.05, 0.1) is 28.3 Å². The van der Waals surface area contributed by atoms with Crippen LogP contribution in [0.4, 0.5) is 5.69 Å². The SMILES string of the molecule is CCN(C)C=Nc1cc(Br)c(OC2CCC(OC)CC2)nc1C. The van der Waals surface area contributed by atoms with Gasteiger partial charge in [-0.1, -0.05) is 0 Å². The van der Waals surface area contributed by atoms with E-state index in [9.17, 15) is 0 Å². The van der Waals surface area contributed by atoms with E-state index in [0.717, 1.165) is 48.1 Å². The summed E-state index contributed by atoms with van der Waals surface area (Å²) >= 11 is 3.56. The molecule has 0 radical (unpaired) electrons. The molecule has 1 saturated carbocycles. The summed E-state index contributed by atoms with van der Waals surface area (Å²) in [5.41, 5.74) is 1.72. The molecule has 1 aromatic rings. The predicted molar refractivity (Wildman–Crippen MR) is 96.8 cm³/mol. The first kappa shape index (κ1) is 18.2. The van der Waals surface area contributed by atoms with Crippen LogP contribution in [0.5, 0.6) is 5.88 Å². The van der Waals surface area contributed by atoms with Gasteiger partial charge in [0.1, 0.15) is 6.10 Å². The smallest absolute Gasteiger partial charge is 0.228 e. The summed E-state index contributed by atoms with van der Waals surface area (Å²) in [4.78, 5) is 11.1. The second kappa shape index (κ2) is 8.64. The van der Waals surface area contributed by atoms with E-state index < -0.39 is 0 Å². The van der Waals surface area contributed by atoms with Crippen LogP contribution in [-0.4, -0.2) is 49.1 Å². The molecule has 0 spiro atoms. The number of ether oxygens (including phenoxy) is 2. The van der Waals surface area contributed by atoms with E-state index >= 15 is 0 Å². The lowest BCUT2D eigenvalue weighted by atomic mass is 9.95. The molecule has 1 heterocycles. The quantitative estimate of drug-likeness (QED) is 0.547. The number of nitrogens with zero attached hydrogens (tertiary/aromatic N) is 3. The lowest BCUT2D eigenvalue weighted by molar-refractivity contribution is 0.0312. The molecular formula is C17H26BrN3O2. The second-order valence-corrected chi connectivity index (χ2v) is 6.80. The summed E-state index contributed by atoms with van der Waals surface area (Å²) in [6, 6.07) is 1.97. The van der Waals surface area contributed by atoms with Gasteiger partial charge in [-0.25, -0.2) is 9.98 Å². The van der Waals surface area contributed by atoms with Crippen molar-refractivity contribution in [2.24, 2.45) is 4.99 Å². The Bertz CT molecular complexity index is 543. The van der Waals surface area contributed by atoms with Crippen molar-refractivity contribution in [3.63, 3.8) is 0 Å². The number of hydrogen-bond acceptors (Lipinski definition) is 4. The molecule has 1 aromatic heterocycles. The first-order valence-electron chi connectivity index (χ1n) is 8.14. The second-order valence-electron chi connectivity index (χ2n) is 5.95. The molecule has 0 aromatic carbocycles. The first-order valence-corrected chi connectivity index (χ1v) is 8.93. The fourth-order valence-corrected chi connectivity index (χ4v) is 2.95. The molecule has 0 aliphatic heterocycles. The van der Waals surface area contributed by atoms with E-state index in [4.69, 9.17) is 9.47 Å². The molecule has 23 heavy (non-hydrogen) atoms. The largest absolute Gasteiger partial charge is 0.474 e. The maximum absolute atomic E-state index is 6.09. The van der Waals surface area contributed by atoms with E-state index in [1.54, 1.807) is 7.11 Å². The zero-order chi connectivity index (χ0) is 16.8. The zero-order valence-electron chi connectivity index (χ0n) is 14.4. The number of pyridine rings is 1. The van der Waals surface area contributed by atoms with Crippen LogP contribution in [0.15, 0.2) is 15.5 Å². The highest BCUT2D eigenvalue weighted by molar-refractivity contribution is 9.10. The highest BCUT2D eigenvalue weighted by Crippen LogP contribution is 2.32. The third-order valence-electron chi connectivity index (χ3n) is 4.23. The Labute approximate surface area is 147 Å². The third-order valence-corrected chi connectivity index (χ3v) is 4.80. The van der Waals surface area contributed by atoms with Crippen molar-refractivity contribution in [2.75, 3.05) is 20.7 Å². The summed E-state index contributed by atoms with van der Waals surface area (Å²) in [6.45, 7) is 4.96. The highest BCUT2D eigenvalue weighted by Gasteiger charge is 2.23. The summed E-state index contributed by atoms with van der Waals surface area (Å²) < 4.78 is 12.3. The van der Waals surface area contributed by atoms with Gasteiger partial charge in [0, 0.05) is 20.7 Å². The summed E-state index contributed by atoms with van der Waals surface area (Å²) in [5.74, 6) is 0.658. The van der Waals surface area contributed by atoms with Crippen LogP contribution < -0.4 is 4.74 Å². The molecule has 0 unspecified atom stereocenters. The van der Waals surface area contributed by atoms with E-state index in [-0.39, 0.29) is 6.10 Å². The van der Waals surface area contributed by atoms with E-state index in [0.29, 0.717) is 12.0 Å². The Morgan fingerprint density at radius 2 is 2.00 bits per heavy atom. The van der Waals surface area contributed by atoms with Gasteiger partial charge < -0.3 is 14.4 Å². The maximum Gasteiger partial charge on any atom is 0.228 e. The first-order chi connectivity index (χ1) is 11.0. The van der Waals surface area contributed by atoms with Crippen LogP contribution in [-0.2, 0) is 4.74 Å². The van der Waals surface area contributed by atoms with Gasteiger partial charge in [-0.2, -0.15) is 0 Å². The van der Waals surface area contributed by atoms with Crippen LogP contribution in [0.1, 0.15) is 38.3 Å². The number of rotatable bonds is 6. The predicted octanol–water partition coefficient (Wildman–Crippen LogP) is 4.10. The Balaban J connectivity index is 2.04. The van der Waals surface area contributed by atoms with Crippen LogP contribution in [0.3, 0.4) is 0 Å². The Morgan fingerprint density at radius 3 is 2.61 bits per heavy atom. The van der Waals surface area contributed by atoms with Crippen molar-refractivity contribution in [1.82, 2.24) is 9.88 Å². The Kier molecular flexibility index (Phi) is 6.84. The number of aromatic nitrogens is 1. The molecule has 1 aliphatic carbocycles. The van der Waals surface area contributed by atoms with Crippen LogP contribution in [0.25, 0.3) is 0 Å². The number of aryl methyl sites for hydroxylation is 1. The zero-order valence-corrected chi connectivity index (χ0v) is 16.0. The number of hydrogen-bond donors (Lipinski definition) is 0. The number of halogens is 1. The van der Waals surface area contributed by atoms with E-state index in [1.807, 2.05) is 31.3 Å². The minimum atomic E-state index is 0.213. The lowest BCUT2D eigenvalue weighted by Gasteiger charge is -2.28. The third kappa shape index (κ3) is 5.18. The molecule has 0 atom stereocenters. The van der Waals surface area contributed by atoms with Crippen molar-refractivity contribution in [3.05, 3.63) is 16.2 Å². The van der Waals surface area contributed by atoms with Gasteiger partial charge >= 0.3 is 0 Å². The molecule has 0 saturated heterocycles. The molecule has 0 bridgehead atoms. The summed E-state index contributed by atoms with van der Waals surface area (Å²) in [6.07, 6.45) is 6.51. The number of methoxy groups -OCH3 is 1. The van der Waals surface area contributed by atoms with Gasteiger partial charge in [-0.15, -0.1) is 0 Å². The minimum Gasteiger partial charge on any atom is -0.474 e. The van der Waals surface area contributed by atoms with Gasteiger partial charge in [-0.05, 0) is 61.5 Å². The molecular weight excluding hydrogens is 358 g/mol. The average Bonchev–Trinajstić information content (AvgIpc) is 2.57. The molecule has 2 rings (SSSR count).